The van der Waals surface area contributed by atoms with Crippen LogP contribution in [0, 0.1) is 0 Å². The van der Waals surface area contributed by atoms with Crippen molar-refractivity contribution in [2.75, 3.05) is 6.61 Å². The number of nitrogens with zero attached hydrogens (tertiary/aromatic N) is 2. The first-order valence-electron chi connectivity index (χ1n) is 11.1. The lowest BCUT2D eigenvalue weighted by atomic mass is 9.95. The summed E-state index contributed by atoms with van der Waals surface area (Å²) in [7, 11) is 0. The second-order valence-corrected chi connectivity index (χ2v) is 8.43. The molecular formula is C27H28N2O2. The summed E-state index contributed by atoms with van der Waals surface area (Å²) in [6.07, 6.45) is 0.621. The molecule has 0 spiro atoms. The Morgan fingerprint density at radius 3 is 2.45 bits per heavy atom. The van der Waals surface area contributed by atoms with Crippen molar-refractivity contribution >= 4 is 5.71 Å². The zero-order chi connectivity index (χ0) is 21.4. The number of fused-ring (bicyclic) bond motifs is 3. The van der Waals surface area contributed by atoms with E-state index in [0.717, 1.165) is 34.8 Å². The fourth-order valence-corrected chi connectivity index (χ4v) is 4.38. The van der Waals surface area contributed by atoms with Gasteiger partial charge in [0.1, 0.15) is 11.5 Å². The Bertz CT molecular complexity index is 1090. The van der Waals surface area contributed by atoms with Crippen LogP contribution in [0.4, 0.5) is 0 Å². The molecular weight excluding hydrogens is 384 g/mol. The molecule has 0 bridgehead atoms. The van der Waals surface area contributed by atoms with Gasteiger partial charge in [-0.15, -0.1) is 0 Å². The van der Waals surface area contributed by atoms with Gasteiger partial charge in [0.15, 0.2) is 0 Å². The van der Waals surface area contributed by atoms with Gasteiger partial charge in [-0.3, -0.25) is 0 Å². The molecule has 5 rings (SSSR count). The van der Waals surface area contributed by atoms with Crippen molar-refractivity contribution in [3.63, 3.8) is 0 Å². The lowest BCUT2D eigenvalue weighted by molar-refractivity contribution is -0.0190. The minimum Gasteiger partial charge on any atom is -0.494 e. The van der Waals surface area contributed by atoms with E-state index in [1.165, 1.54) is 11.1 Å². The van der Waals surface area contributed by atoms with Gasteiger partial charge in [0.05, 0.1) is 18.4 Å². The number of ether oxygens (including phenoxy) is 2. The summed E-state index contributed by atoms with van der Waals surface area (Å²) in [5, 5.41) is 7.19. The molecule has 0 aliphatic carbocycles. The largest absolute Gasteiger partial charge is 0.494 e. The van der Waals surface area contributed by atoms with Crippen LogP contribution in [-0.2, 0) is 0 Å². The van der Waals surface area contributed by atoms with Gasteiger partial charge in [0.25, 0.3) is 0 Å². The van der Waals surface area contributed by atoms with Crippen LogP contribution in [0.15, 0.2) is 77.9 Å². The molecule has 2 heterocycles. The standard InChI is InChI=1S/C27H28N2O2/c1-4-30-22-15-13-20(14-16-22)24-17-25-23-7-5-6-8-26(23)31-27(29(25)28-24)21-11-9-19(10-12-21)18(2)3/h5-16,18,25,27H,4,17H2,1-3H3/t25-,27-/m0/s1. The van der Waals surface area contributed by atoms with Crippen LogP contribution in [0.1, 0.15) is 67.6 Å². The summed E-state index contributed by atoms with van der Waals surface area (Å²) < 4.78 is 12.1. The zero-order valence-corrected chi connectivity index (χ0v) is 18.3. The molecule has 0 amide bonds. The number of hydrogen-bond acceptors (Lipinski definition) is 4. The number of hydrogen-bond donors (Lipinski definition) is 0. The molecule has 2 atom stereocenters. The van der Waals surface area contributed by atoms with Crippen LogP contribution in [-0.4, -0.2) is 17.3 Å². The van der Waals surface area contributed by atoms with Crippen LogP contribution in [0.25, 0.3) is 0 Å². The molecule has 2 aliphatic heterocycles. The van der Waals surface area contributed by atoms with Crippen LogP contribution in [0.2, 0.25) is 0 Å². The Labute approximate surface area is 184 Å². The van der Waals surface area contributed by atoms with Gasteiger partial charge >= 0.3 is 0 Å². The fraction of sp³-hybridized carbons (Fsp3) is 0.296. The van der Waals surface area contributed by atoms with Gasteiger partial charge in [0, 0.05) is 17.5 Å². The van der Waals surface area contributed by atoms with Gasteiger partial charge in [-0.2, -0.15) is 5.10 Å². The average Bonchev–Trinajstić information content (AvgIpc) is 3.25. The third-order valence-corrected chi connectivity index (χ3v) is 6.09. The molecule has 0 fully saturated rings. The van der Waals surface area contributed by atoms with Crippen molar-refractivity contribution in [3.05, 3.63) is 95.1 Å². The molecule has 158 valence electrons. The maximum Gasteiger partial charge on any atom is 0.213 e. The second kappa shape index (κ2) is 8.10. The van der Waals surface area contributed by atoms with Crippen molar-refractivity contribution < 1.29 is 9.47 Å². The van der Waals surface area contributed by atoms with E-state index in [1.54, 1.807) is 0 Å². The first-order valence-corrected chi connectivity index (χ1v) is 11.1. The maximum absolute atomic E-state index is 6.47. The molecule has 3 aromatic rings. The number of benzene rings is 3. The normalized spacial score (nSPS) is 19.5. The smallest absolute Gasteiger partial charge is 0.213 e. The third kappa shape index (κ3) is 3.67. The highest BCUT2D eigenvalue weighted by molar-refractivity contribution is 6.02. The third-order valence-electron chi connectivity index (χ3n) is 6.09. The predicted molar refractivity (Wildman–Crippen MR) is 124 cm³/mol. The summed E-state index contributed by atoms with van der Waals surface area (Å²) in [6, 6.07) is 25.5. The summed E-state index contributed by atoms with van der Waals surface area (Å²) in [6.45, 7) is 7.10. The van der Waals surface area contributed by atoms with Crippen LogP contribution in [0.3, 0.4) is 0 Å². The quantitative estimate of drug-likeness (QED) is 0.483. The van der Waals surface area contributed by atoms with E-state index in [0.29, 0.717) is 12.5 Å². The molecule has 0 aromatic heterocycles. The molecule has 3 aromatic carbocycles. The summed E-state index contributed by atoms with van der Waals surface area (Å²) in [4.78, 5) is 0. The van der Waals surface area contributed by atoms with E-state index in [1.807, 2.05) is 25.1 Å². The van der Waals surface area contributed by atoms with E-state index in [9.17, 15) is 0 Å². The Morgan fingerprint density at radius 1 is 1.00 bits per heavy atom. The highest BCUT2D eigenvalue weighted by Crippen LogP contribution is 2.47. The summed E-state index contributed by atoms with van der Waals surface area (Å²) in [5.74, 6) is 2.34. The highest BCUT2D eigenvalue weighted by Gasteiger charge is 2.40. The molecule has 4 heteroatoms. The van der Waals surface area contributed by atoms with E-state index in [-0.39, 0.29) is 12.3 Å². The Kier molecular flexibility index (Phi) is 5.14. The SMILES string of the molecule is CCOc1ccc(C2=NN3[C@@H](C2)c2ccccc2O[C@H]3c2ccc(C(C)C)cc2)cc1. The lowest BCUT2D eigenvalue weighted by Gasteiger charge is -2.38. The van der Waals surface area contributed by atoms with Crippen LogP contribution >= 0.6 is 0 Å². The van der Waals surface area contributed by atoms with Crippen LogP contribution < -0.4 is 9.47 Å². The molecule has 31 heavy (non-hydrogen) atoms. The van der Waals surface area contributed by atoms with Crippen molar-refractivity contribution in [2.24, 2.45) is 5.10 Å². The molecule has 2 aliphatic rings. The van der Waals surface area contributed by atoms with E-state index in [4.69, 9.17) is 14.6 Å². The van der Waals surface area contributed by atoms with Crippen molar-refractivity contribution in [2.45, 2.75) is 45.4 Å². The minimum atomic E-state index is -0.235. The Morgan fingerprint density at radius 2 is 1.74 bits per heavy atom. The van der Waals surface area contributed by atoms with Gasteiger partial charge in [0.2, 0.25) is 6.23 Å². The topological polar surface area (TPSA) is 34.1 Å². The van der Waals surface area contributed by atoms with Gasteiger partial charge in [-0.1, -0.05) is 56.3 Å². The first-order chi connectivity index (χ1) is 15.1. The summed E-state index contributed by atoms with van der Waals surface area (Å²) in [5.41, 5.74) is 5.86. The van der Waals surface area contributed by atoms with Crippen LogP contribution in [0.5, 0.6) is 11.5 Å². The highest BCUT2D eigenvalue weighted by atomic mass is 16.5. The lowest BCUT2D eigenvalue weighted by Crippen LogP contribution is -2.33. The van der Waals surface area contributed by atoms with Crippen molar-refractivity contribution in [1.82, 2.24) is 5.01 Å². The Balaban J connectivity index is 1.51. The molecule has 0 saturated heterocycles. The molecule has 0 N–H and O–H groups in total. The average molecular weight is 413 g/mol. The van der Waals surface area contributed by atoms with E-state index >= 15 is 0 Å². The number of rotatable bonds is 5. The van der Waals surface area contributed by atoms with Gasteiger partial charge in [-0.25, -0.2) is 5.01 Å². The number of hydrazone groups is 1. The zero-order valence-electron chi connectivity index (χ0n) is 18.3. The molecule has 0 saturated carbocycles. The maximum atomic E-state index is 6.47. The number of para-hydroxylation sites is 1. The second-order valence-electron chi connectivity index (χ2n) is 8.43. The van der Waals surface area contributed by atoms with Crippen molar-refractivity contribution in [1.29, 1.82) is 0 Å². The first kappa shape index (κ1) is 19.7. The Hall–Kier alpha value is -3.27. The van der Waals surface area contributed by atoms with E-state index < -0.39 is 0 Å². The molecule has 0 unspecified atom stereocenters. The monoisotopic (exact) mass is 412 g/mol. The molecule has 0 radical (unpaired) electrons. The molecule has 4 nitrogen and oxygen atoms in total. The predicted octanol–water partition coefficient (Wildman–Crippen LogP) is 6.45. The van der Waals surface area contributed by atoms with Gasteiger partial charge < -0.3 is 9.47 Å². The van der Waals surface area contributed by atoms with Gasteiger partial charge in [-0.05, 0) is 54.3 Å². The minimum absolute atomic E-state index is 0.168. The van der Waals surface area contributed by atoms with Crippen molar-refractivity contribution in [3.8, 4) is 11.5 Å². The fourth-order valence-electron chi connectivity index (χ4n) is 4.38. The van der Waals surface area contributed by atoms with E-state index in [2.05, 4.69) is 73.5 Å². The summed E-state index contributed by atoms with van der Waals surface area (Å²) >= 11 is 0.